The fourth-order valence-corrected chi connectivity index (χ4v) is 1.83. The third-order valence-corrected chi connectivity index (χ3v) is 3.18. The number of anilines is 1. The molecule has 0 saturated heterocycles. The highest BCUT2D eigenvalue weighted by Crippen LogP contribution is 2.19. The molecular weight excluding hydrogens is 344 g/mol. The van der Waals surface area contributed by atoms with E-state index in [0.29, 0.717) is 10.6 Å². The summed E-state index contributed by atoms with van der Waals surface area (Å²) in [7, 11) is 0. The van der Waals surface area contributed by atoms with Crippen molar-refractivity contribution < 1.29 is 14.0 Å². The van der Waals surface area contributed by atoms with Crippen LogP contribution < -0.4 is 10.7 Å². The first kappa shape index (κ1) is 16.9. The van der Waals surface area contributed by atoms with Crippen LogP contribution in [0.1, 0.15) is 5.56 Å². The van der Waals surface area contributed by atoms with Gasteiger partial charge in [0.1, 0.15) is 5.82 Å². The molecule has 8 heteroatoms. The Hall–Kier alpha value is -2.44. The Bertz CT molecular complexity index is 764. The summed E-state index contributed by atoms with van der Waals surface area (Å²) < 4.78 is 13.0. The summed E-state index contributed by atoms with van der Waals surface area (Å²) in [6.45, 7) is 0. The number of benzene rings is 2. The van der Waals surface area contributed by atoms with Crippen molar-refractivity contribution in [3.8, 4) is 0 Å². The van der Waals surface area contributed by atoms with Gasteiger partial charge in [0.25, 0.3) is 0 Å². The van der Waals surface area contributed by atoms with Crippen LogP contribution in [0.25, 0.3) is 0 Å². The number of amides is 2. The zero-order chi connectivity index (χ0) is 16.8. The van der Waals surface area contributed by atoms with Crippen LogP contribution in [0.2, 0.25) is 10.0 Å². The first-order valence-electron chi connectivity index (χ1n) is 6.31. The Morgan fingerprint density at radius 1 is 1.04 bits per heavy atom. The number of hydrogen-bond acceptors (Lipinski definition) is 3. The van der Waals surface area contributed by atoms with Gasteiger partial charge in [-0.1, -0.05) is 35.3 Å². The predicted octanol–water partition coefficient (Wildman–Crippen LogP) is 3.22. The van der Waals surface area contributed by atoms with Gasteiger partial charge in [-0.15, -0.1) is 0 Å². The van der Waals surface area contributed by atoms with E-state index in [9.17, 15) is 14.0 Å². The van der Waals surface area contributed by atoms with Crippen LogP contribution in [-0.2, 0) is 9.59 Å². The zero-order valence-electron chi connectivity index (χ0n) is 11.5. The molecule has 23 heavy (non-hydrogen) atoms. The molecule has 5 nitrogen and oxygen atoms in total. The Kier molecular flexibility index (Phi) is 5.67. The van der Waals surface area contributed by atoms with Crippen LogP contribution in [0.3, 0.4) is 0 Å². The third kappa shape index (κ3) is 5.05. The van der Waals surface area contributed by atoms with Gasteiger partial charge in [0.05, 0.1) is 11.2 Å². The largest absolute Gasteiger partial charge is 0.329 e. The molecule has 0 saturated carbocycles. The van der Waals surface area contributed by atoms with E-state index in [4.69, 9.17) is 23.2 Å². The summed E-state index contributed by atoms with van der Waals surface area (Å²) >= 11 is 11.3. The van der Waals surface area contributed by atoms with Crippen LogP contribution in [0.5, 0.6) is 0 Å². The minimum Gasteiger partial charge on any atom is -0.318 e. The molecule has 0 fully saturated rings. The van der Waals surface area contributed by atoms with Crippen molar-refractivity contribution in [2.75, 3.05) is 5.32 Å². The van der Waals surface area contributed by atoms with Gasteiger partial charge in [0.2, 0.25) is 0 Å². The van der Waals surface area contributed by atoms with Crippen LogP contribution >= 0.6 is 23.2 Å². The molecule has 0 bridgehead atoms. The van der Waals surface area contributed by atoms with Gasteiger partial charge in [0, 0.05) is 10.7 Å². The summed E-state index contributed by atoms with van der Waals surface area (Å²) in [6.07, 6.45) is 1.36. The second-order valence-corrected chi connectivity index (χ2v) is 5.18. The van der Waals surface area contributed by atoms with Crippen LogP contribution in [0, 0.1) is 5.82 Å². The molecule has 0 unspecified atom stereocenters. The SMILES string of the molecule is O=C(N/N=C/c1ccc(Cl)cc1)C(=O)Nc1ccc(F)c(Cl)c1. The van der Waals surface area contributed by atoms with Crippen molar-refractivity contribution in [1.82, 2.24) is 5.43 Å². The Morgan fingerprint density at radius 2 is 1.74 bits per heavy atom. The van der Waals surface area contributed by atoms with Gasteiger partial charge in [-0.25, -0.2) is 9.82 Å². The predicted molar refractivity (Wildman–Crippen MR) is 87.2 cm³/mol. The molecule has 0 heterocycles. The normalized spacial score (nSPS) is 10.6. The quantitative estimate of drug-likeness (QED) is 0.505. The summed E-state index contributed by atoms with van der Waals surface area (Å²) in [5, 5.41) is 6.33. The standard InChI is InChI=1S/C15H10Cl2FN3O2/c16-10-3-1-9(2-4-10)8-19-21-15(23)14(22)20-11-5-6-13(18)12(17)7-11/h1-8H,(H,20,22)(H,21,23)/b19-8+. The summed E-state index contributed by atoms with van der Waals surface area (Å²) in [4.78, 5) is 23.2. The number of halogens is 3. The second kappa shape index (κ2) is 7.71. The van der Waals surface area contributed by atoms with Crippen LogP contribution in [0.15, 0.2) is 47.6 Å². The van der Waals surface area contributed by atoms with E-state index in [1.807, 2.05) is 0 Å². The average Bonchev–Trinajstić information content (AvgIpc) is 2.52. The van der Waals surface area contributed by atoms with Gasteiger partial charge in [-0.2, -0.15) is 5.10 Å². The molecule has 0 atom stereocenters. The monoisotopic (exact) mass is 353 g/mol. The number of carbonyl (C=O) groups is 2. The van der Waals surface area contributed by atoms with E-state index in [1.54, 1.807) is 24.3 Å². The first-order chi connectivity index (χ1) is 11.0. The van der Waals surface area contributed by atoms with Crippen molar-refractivity contribution in [1.29, 1.82) is 0 Å². The van der Waals surface area contributed by atoms with E-state index >= 15 is 0 Å². The minimum absolute atomic E-state index is 0.163. The fourth-order valence-electron chi connectivity index (χ4n) is 1.53. The topological polar surface area (TPSA) is 70.6 Å². The number of nitrogens with one attached hydrogen (secondary N) is 2. The van der Waals surface area contributed by atoms with Crippen molar-refractivity contribution in [2.24, 2.45) is 5.10 Å². The summed E-state index contributed by atoms with van der Waals surface area (Å²) in [6, 6.07) is 10.3. The molecule has 2 rings (SSSR count). The van der Waals surface area contributed by atoms with Crippen molar-refractivity contribution >= 4 is 46.9 Å². The van der Waals surface area contributed by atoms with Gasteiger partial charge < -0.3 is 5.32 Å². The van der Waals surface area contributed by atoms with E-state index in [0.717, 1.165) is 6.07 Å². The van der Waals surface area contributed by atoms with Crippen LogP contribution in [0.4, 0.5) is 10.1 Å². The maximum atomic E-state index is 13.0. The van der Waals surface area contributed by atoms with Gasteiger partial charge >= 0.3 is 11.8 Å². The second-order valence-electron chi connectivity index (χ2n) is 4.33. The van der Waals surface area contributed by atoms with Gasteiger partial charge in [-0.05, 0) is 35.9 Å². The maximum Gasteiger partial charge on any atom is 0.329 e. The van der Waals surface area contributed by atoms with Crippen LogP contribution in [-0.4, -0.2) is 18.0 Å². The summed E-state index contributed by atoms with van der Waals surface area (Å²) in [5.41, 5.74) is 2.96. The number of hydrazone groups is 1. The smallest absolute Gasteiger partial charge is 0.318 e. The lowest BCUT2D eigenvalue weighted by molar-refractivity contribution is -0.136. The lowest BCUT2D eigenvalue weighted by Gasteiger charge is -2.04. The molecular formula is C15H10Cl2FN3O2. The maximum absolute atomic E-state index is 13.0. The zero-order valence-corrected chi connectivity index (χ0v) is 13.0. The molecule has 0 spiro atoms. The highest BCUT2D eigenvalue weighted by Gasteiger charge is 2.13. The highest BCUT2D eigenvalue weighted by atomic mass is 35.5. The molecule has 0 radical (unpaired) electrons. The molecule has 2 N–H and O–H groups in total. The number of carbonyl (C=O) groups excluding carboxylic acids is 2. The lowest BCUT2D eigenvalue weighted by Crippen LogP contribution is -2.32. The molecule has 0 aliphatic carbocycles. The fraction of sp³-hybridized carbons (Fsp3) is 0. The highest BCUT2D eigenvalue weighted by molar-refractivity contribution is 6.39. The van der Waals surface area contributed by atoms with E-state index in [2.05, 4.69) is 15.8 Å². The number of hydrogen-bond donors (Lipinski definition) is 2. The first-order valence-corrected chi connectivity index (χ1v) is 7.06. The average molecular weight is 354 g/mol. The van der Waals surface area contributed by atoms with E-state index < -0.39 is 17.6 Å². The molecule has 2 aromatic carbocycles. The molecule has 0 aliphatic heterocycles. The third-order valence-electron chi connectivity index (χ3n) is 2.63. The summed E-state index contributed by atoms with van der Waals surface area (Å²) in [5.74, 6) is -2.56. The Balaban J connectivity index is 1.90. The molecule has 2 amide bonds. The molecule has 2 aromatic rings. The number of nitrogens with zero attached hydrogens (tertiary/aromatic N) is 1. The Morgan fingerprint density at radius 3 is 2.39 bits per heavy atom. The van der Waals surface area contributed by atoms with Crippen molar-refractivity contribution in [3.63, 3.8) is 0 Å². The minimum atomic E-state index is -0.976. The van der Waals surface area contributed by atoms with E-state index in [1.165, 1.54) is 18.3 Å². The van der Waals surface area contributed by atoms with E-state index in [-0.39, 0.29) is 10.7 Å². The molecule has 118 valence electrons. The van der Waals surface area contributed by atoms with Crippen molar-refractivity contribution in [2.45, 2.75) is 0 Å². The molecule has 0 aliphatic rings. The van der Waals surface area contributed by atoms with Crippen molar-refractivity contribution in [3.05, 3.63) is 63.9 Å². The van der Waals surface area contributed by atoms with Gasteiger partial charge in [0.15, 0.2) is 0 Å². The lowest BCUT2D eigenvalue weighted by atomic mass is 10.2. The van der Waals surface area contributed by atoms with Gasteiger partial charge in [-0.3, -0.25) is 9.59 Å². The molecule has 0 aromatic heterocycles. The Labute approximate surface area is 141 Å². The number of rotatable bonds is 3.